The standard InChI is InChI=1S/C14H20N2/c15-14-9-5-11-16(12-14)10-4-8-13-6-2-1-3-7-13/h1-4,6-8,14H,5,9-12,15H2/b8-4+/t14-/m1/s1. The number of piperidine rings is 1. The molecule has 0 amide bonds. The minimum Gasteiger partial charge on any atom is -0.327 e. The molecule has 0 saturated carbocycles. The SMILES string of the molecule is N[C@@H]1CCCN(C/C=C/c2ccccc2)C1. The zero-order chi connectivity index (χ0) is 11.2. The van der Waals surface area contributed by atoms with Crippen LogP contribution in [0, 0.1) is 0 Å². The van der Waals surface area contributed by atoms with Gasteiger partial charge < -0.3 is 5.73 Å². The lowest BCUT2D eigenvalue weighted by Gasteiger charge is -2.29. The predicted molar refractivity (Wildman–Crippen MR) is 69.1 cm³/mol. The van der Waals surface area contributed by atoms with E-state index in [0.717, 1.165) is 13.1 Å². The zero-order valence-corrected chi connectivity index (χ0v) is 9.68. The second-order valence-corrected chi connectivity index (χ2v) is 4.47. The van der Waals surface area contributed by atoms with E-state index in [2.05, 4.69) is 41.3 Å². The molecule has 0 aliphatic carbocycles. The number of nitrogens with zero attached hydrogens (tertiary/aromatic N) is 1. The van der Waals surface area contributed by atoms with E-state index in [1.807, 2.05) is 6.07 Å². The van der Waals surface area contributed by atoms with Crippen molar-refractivity contribution in [1.82, 2.24) is 4.90 Å². The summed E-state index contributed by atoms with van der Waals surface area (Å²) in [6.07, 6.45) is 6.83. The molecular weight excluding hydrogens is 196 g/mol. The van der Waals surface area contributed by atoms with E-state index in [-0.39, 0.29) is 0 Å². The van der Waals surface area contributed by atoms with E-state index in [1.54, 1.807) is 0 Å². The summed E-state index contributed by atoms with van der Waals surface area (Å²) in [4.78, 5) is 2.42. The Kier molecular flexibility index (Phi) is 4.14. The van der Waals surface area contributed by atoms with Crippen LogP contribution in [-0.4, -0.2) is 30.6 Å². The van der Waals surface area contributed by atoms with Crippen molar-refractivity contribution in [3.63, 3.8) is 0 Å². The van der Waals surface area contributed by atoms with Crippen molar-refractivity contribution >= 4 is 6.08 Å². The minimum atomic E-state index is 0.374. The molecule has 0 radical (unpaired) electrons. The molecular formula is C14H20N2. The lowest BCUT2D eigenvalue weighted by molar-refractivity contribution is 0.229. The number of rotatable bonds is 3. The van der Waals surface area contributed by atoms with Crippen LogP contribution in [0.4, 0.5) is 0 Å². The van der Waals surface area contributed by atoms with Crippen LogP contribution < -0.4 is 5.73 Å². The molecule has 2 nitrogen and oxygen atoms in total. The maximum absolute atomic E-state index is 5.94. The van der Waals surface area contributed by atoms with E-state index in [9.17, 15) is 0 Å². The van der Waals surface area contributed by atoms with Crippen LogP contribution >= 0.6 is 0 Å². The van der Waals surface area contributed by atoms with Crippen LogP contribution in [0.1, 0.15) is 18.4 Å². The van der Waals surface area contributed by atoms with Gasteiger partial charge in [-0.2, -0.15) is 0 Å². The highest BCUT2D eigenvalue weighted by atomic mass is 15.1. The summed E-state index contributed by atoms with van der Waals surface area (Å²) in [6.45, 7) is 3.24. The smallest absolute Gasteiger partial charge is 0.0168 e. The van der Waals surface area contributed by atoms with Crippen LogP contribution in [0.2, 0.25) is 0 Å². The molecule has 0 unspecified atom stereocenters. The molecule has 2 heteroatoms. The van der Waals surface area contributed by atoms with Gasteiger partial charge in [-0.3, -0.25) is 4.90 Å². The number of hydrogen-bond donors (Lipinski definition) is 1. The van der Waals surface area contributed by atoms with Gasteiger partial charge >= 0.3 is 0 Å². The van der Waals surface area contributed by atoms with Crippen molar-refractivity contribution in [2.24, 2.45) is 5.73 Å². The molecule has 86 valence electrons. The highest BCUT2D eigenvalue weighted by Gasteiger charge is 2.14. The Hall–Kier alpha value is -1.12. The van der Waals surface area contributed by atoms with E-state index >= 15 is 0 Å². The van der Waals surface area contributed by atoms with Gasteiger partial charge in [0.1, 0.15) is 0 Å². The Labute approximate surface area is 97.8 Å². The highest BCUT2D eigenvalue weighted by Crippen LogP contribution is 2.08. The van der Waals surface area contributed by atoms with Crippen molar-refractivity contribution in [2.45, 2.75) is 18.9 Å². The molecule has 1 heterocycles. The molecule has 0 bridgehead atoms. The van der Waals surface area contributed by atoms with E-state index in [4.69, 9.17) is 5.73 Å². The van der Waals surface area contributed by atoms with Crippen LogP contribution in [-0.2, 0) is 0 Å². The Morgan fingerprint density at radius 3 is 2.88 bits per heavy atom. The summed E-state index contributed by atoms with van der Waals surface area (Å²) in [5.74, 6) is 0. The van der Waals surface area contributed by atoms with Gasteiger partial charge in [-0.1, -0.05) is 42.5 Å². The van der Waals surface area contributed by atoms with Gasteiger partial charge in [-0.05, 0) is 24.9 Å². The Bertz CT molecular complexity index is 332. The van der Waals surface area contributed by atoms with Gasteiger partial charge in [0.15, 0.2) is 0 Å². The molecule has 2 rings (SSSR count). The summed E-state index contributed by atoms with van der Waals surface area (Å²) in [5.41, 5.74) is 7.21. The van der Waals surface area contributed by atoms with Crippen LogP contribution in [0.3, 0.4) is 0 Å². The fourth-order valence-corrected chi connectivity index (χ4v) is 2.16. The van der Waals surface area contributed by atoms with Crippen molar-refractivity contribution < 1.29 is 0 Å². The lowest BCUT2D eigenvalue weighted by Crippen LogP contribution is -2.42. The average Bonchev–Trinajstić information content (AvgIpc) is 2.30. The molecule has 1 aromatic carbocycles. The zero-order valence-electron chi connectivity index (χ0n) is 9.68. The first-order valence-corrected chi connectivity index (χ1v) is 6.04. The first-order valence-electron chi connectivity index (χ1n) is 6.04. The predicted octanol–water partition coefficient (Wildman–Crippen LogP) is 2.12. The average molecular weight is 216 g/mol. The minimum absolute atomic E-state index is 0.374. The molecule has 1 saturated heterocycles. The van der Waals surface area contributed by atoms with E-state index in [1.165, 1.54) is 24.9 Å². The fraction of sp³-hybridized carbons (Fsp3) is 0.429. The molecule has 1 atom stereocenters. The fourth-order valence-electron chi connectivity index (χ4n) is 2.16. The van der Waals surface area contributed by atoms with Gasteiger partial charge in [0, 0.05) is 19.1 Å². The molecule has 0 aromatic heterocycles. The van der Waals surface area contributed by atoms with Gasteiger partial charge in [0.05, 0.1) is 0 Å². The van der Waals surface area contributed by atoms with E-state index < -0.39 is 0 Å². The second kappa shape index (κ2) is 5.83. The Morgan fingerprint density at radius 1 is 1.31 bits per heavy atom. The third kappa shape index (κ3) is 3.47. The van der Waals surface area contributed by atoms with Crippen LogP contribution in [0.5, 0.6) is 0 Å². The van der Waals surface area contributed by atoms with Gasteiger partial charge in [0.25, 0.3) is 0 Å². The maximum atomic E-state index is 5.94. The number of nitrogens with two attached hydrogens (primary N) is 1. The summed E-state index contributed by atoms with van der Waals surface area (Å²) in [5, 5.41) is 0. The highest BCUT2D eigenvalue weighted by molar-refractivity contribution is 5.48. The normalized spacial score (nSPS) is 22.7. The number of likely N-dealkylation sites (tertiary alicyclic amines) is 1. The topological polar surface area (TPSA) is 29.3 Å². The summed E-state index contributed by atoms with van der Waals surface area (Å²) in [6, 6.07) is 10.8. The lowest BCUT2D eigenvalue weighted by atomic mass is 10.1. The summed E-state index contributed by atoms with van der Waals surface area (Å²) < 4.78 is 0. The molecule has 16 heavy (non-hydrogen) atoms. The number of benzene rings is 1. The molecule has 1 aliphatic heterocycles. The maximum Gasteiger partial charge on any atom is 0.0168 e. The van der Waals surface area contributed by atoms with Crippen molar-refractivity contribution in [2.75, 3.05) is 19.6 Å². The van der Waals surface area contributed by atoms with Gasteiger partial charge in [-0.15, -0.1) is 0 Å². The largest absolute Gasteiger partial charge is 0.327 e. The van der Waals surface area contributed by atoms with Crippen LogP contribution in [0.15, 0.2) is 36.4 Å². The van der Waals surface area contributed by atoms with Crippen LogP contribution in [0.25, 0.3) is 6.08 Å². The first-order chi connectivity index (χ1) is 7.84. The van der Waals surface area contributed by atoms with Crippen molar-refractivity contribution in [3.05, 3.63) is 42.0 Å². The Morgan fingerprint density at radius 2 is 2.12 bits per heavy atom. The van der Waals surface area contributed by atoms with Gasteiger partial charge in [-0.25, -0.2) is 0 Å². The summed E-state index contributed by atoms with van der Waals surface area (Å²) in [7, 11) is 0. The molecule has 1 aliphatic rings. The summed E-state index contributed by atoms with van der Waals surface area (Å²) >= 11 is 0. The molecule has 1 aromatic rings. The molecule has 0 spiro atoms. The van der Waals surface area contributed by atoms with Gasteiger partial charge in [0.2, 0.25) is 0 Å². The monoisotopic (exact) mass is 216 g/mol. The molecule has 2 N–H and O–H groups in total. The van der Waals surface area contributed by atoms with Crippen molar-refractivity contribution in [1.29, 1.82) is 0 Å². The molecule has 1 fully saturated rings. The van der Waals surface area contributed by atoms with E-state index in [0.29, 0.717) is 6.04 Å². The number of hydrogen-bond acceptors (Lipinski definition) is 2. The first kappa shape index (κ1) is 11.4. The second-order valence-electron chi connectivity index (χ2n) is 4.47. The third-order valence-electron chi connectivity index (χ3n) is 3.02. The quantitative estimate of drug-likeness (QED) is 0.838. The Balaban J connectivity index is 1.80. The third-order valence-corrected chi connectivity index (χ3v) is 3.02. The van der Waals surface area contributed by atoms with Crippen molar-refractivity contribution in [3.8, 4) is 0 Å².